The van der Waals surface area contributed by atoms with Crippen molar-refractivity contribution in [1.29, 1.82) is 0 Å². The van der Waals surface area contributed by atoms with Crippen LogP contribution >= 0.6 is 0 Å². The van der Waals surface area contributed by atoms with Crippen LogP contribution in [0.1, 0.15) is 23.1 Å². The van der Waals surface area contributed by atoms with Crippen LogP contribution in [0.3, 0.4) is 0 Å². The highest BCUT2D eigenvalue weighted by Crippen LogP contribution is 2.24. The van der Waals surface area contributed by atoms with E-state index in [1.165, 1.54) is 24.3 Å². The summed E-state index contributed by atoms with van der Waals surface area (Å²) in [5.74, 6) is -0.559. The Labute approximate surface area is 152 Å². The lowest BCUT2D eigenvalue weighted by Crippen LogP contribution is -1.95. The lowest BCUT2D eigenvalue weighted by molar-refractivity contribution is 0.125. The number of halogens is 2. The number of hydrogen-bond donors (Lipinski definition) is 0. The zero-order valence-corrected chi connectivity index (χ0v) is 14.4. The molecule has 0 aromatic heterocycles. The fraction of sp³-hybridized carbons (Fsp3) is 0.130. The maximum Gasteiger partial charge on any atom is 0.123 e. The molecule has 0 amide bonds. The van der Waals surface area contributed by atoms with Gasteiger partial charge in [0, 0.05) is 0 Å². The summed E-state index contributed by atoms with van der Waals surface area (Å²) in [6.07, 6.45) is 2.75. The summed E-state index contributed by atoms with van der Waals surface area (Å²) >= 11 is 0. The van der Waals surface area contributed by atoms with E-state index in [2.05, 4.69) is 0 Å². The molecule has 0 radical (unpaired) electrons. The second-order valence-corrected chi connectivity index (χ2v) is 5.96. The van der Waals surface area contributed by atoms with Gasteiger partial charge in [-0.3, -0.25) is 0 Å². The number of ether oxygens (including phenoxy) is 1. The third-order valence-corrected chi connectivity index (χ3v) is 4.03. The molecule has 0 spiro atoms. The van der Waals surface area contributed by atoms with Crippen LogP contribution in [0.5, 0.6) is 0 Å². The summed E-state index contributed by atoms with van der Waals surface area (Å²) in [5.41, 5.74) is 3.85. The van der Waals surface area contributed by atoms with Crippen LogP contribution in [0.15, 0.2) is 84.9 Å². The van der Waals surface area contributed by atoms with E-state index in [1.807, 2.05) is 36.4 Å². The summed E-state index contributed by atoms with van der Waals surface area (Å²) < 4.78 is 32.2. The molecule has 3 aromatic carbocycles. The Morgan fingerprint density at radius 3 is 1.81 bits per heavy atom. The normalized spacial score (nSPS) is 10.5. The van der Waals surface area contributed by atoms with Crippen molar-refractivity contribution in [1.82, 2.24) is 0 Å². The van der Waals surface area contributed by atoms with Gasteiger partial charge in [0.25, 0.3) is 0 Å². The van der Waals surface area contributed by atoms with Crippen molar-refractivity contribution in [2.24, 2.45) is 0 Å². The predicted octanol–water partition coefficient (Wildman–Crippen LogP) is 6.00. The minimum atomic E-state index is -0.279. The summed E-state index contributed by atoms with van der Waals surface area (Å²) in [5, 5.41) is 0. The molecule has 0 atom stereocenters. The molecule has 0 heterocycles. The zero-order chi connectivity index (χ0) is 18.2. The van der Waals surface area contributed by atoms with Crippen molar-refractivity contribution >= 4 is 5.57 Å². The van der Waals surface area contributed by atoms with Crippen molar-refractivity contribution in [2.75, 3.05) is 6.61 Å². The van der Waals surface area contributed by atoms with E-state index in [4.69, 9.17) is 4.74 Å². The lowest BCUT2D eigenvalue weighted by atomic mass is 9.97. The van der Waals surface area contributed by atoms with Gasteiger partial charge in [0.1, 0.15) is 11.6 Å². The summed E-state index contributed by atoms with van der Waals surface area (Å²) in [4.78, 5) is 0. The molecule has 0 saturated carbocycles. The molecule has 132 valence electrons. The van der Waals surface area contributed by atoms with Crippen molar-refractivity contribution in [3.63, 3.8) is 0 Å². The fourth-order valence-electron chi connectivity index (χ4n) is 2.71. The van der Waals surface area contributed by atoms with Crippen LogP contribution < -0.4 is 0 Å². The first-order valence-electron chi connectivity index (χ1n) is 8.56. The van der Waals surface area contributed by atoms with Crippen LogP contribution in [-0.4, -0.2) is 6.61 Å². The molecular formula is C23H20F2O. The van der Waals surface area contributed by atoms with Crippen molar-refractivity contribution in [3.8, 4) is 0 Å². The third-order valence-electron chi connectivity index (χ3n) is 4.03. The maximum absolute atomic E-state index is 13.2. The van der Waals surface area contributed by atoms with E-state index < -0.39 is 0 Å². The molecule has 26 heavy (non-hydrogen) atoms. The molecule has 0 unspecified atom stereocenters. The molecule has 0 saturated heterocycles. The van der Waals surface area contributed by atoms with E-state index in [1.54, 1.807) is 24.3 Å². The zero-order valence-electron chi connectivity index (χ0n) is 14.4. The van der Waals surface area contributed by atoms with Crippen LogP contribution in [0, 0.1) is 11.6 Å². The van der Waals surface area contributed by atoms with Crippen molar-refractivity contribution in [2.45, 2.75) is 13.0 Å². The van der Waals surface area contributed by atoms with Crippen LogP contribution in [0.2, 0.25) is 0 Å². The van der Waals surface area contributed by atoms with E-state index in [9.17, 15) is 8.78 Å². The Morgan fingerprint density at radius 2 is 1.27 bits per heavy atom. The molecule has 0 aliphatic heterocycles. The molecule has 0 bridgehead atoms. The fourth-order valence-corrected chi connectivity index (χ4v) is 2.71. The van der Waals surface area contributed by atoms with Crippen molar-refractivity contribution < 1.29 is 13.5 Å². The maximum atomic E-state index is 13.2. The predicted molar refractivity (Wildman–Crippen MR) is 101 cm³/mol. The first-order valence-corrected chi connectivity index (χ1v) is 8.56. The highest BCUT2D eigenvalue weighted by Gasteiger charge is 2.06. The first kappa shape index (κ1) is 18.0. The van der Waals surface area contributed by atoms with E-state index in [-0.39, 0.29) is 11.6 Å². The lowest BCUT2D eigenvalue weighted by Gasteiger charge is -2.10. The molecular weight excluding hydrogens is 330 g/mol. The number of rotatable bonds is 7. The summed E-state index contributed by atoms with van der Waals surface area (Å²) in [6.45, 7) is 1.14. The van der Waals surface area contributed by atoms with Gasteiger partial charge in [-0.25, -0.2) is 8.78 Å². The molecule has 0 fully saturated rings. The largest absolute Gasteiger partial charge is 0.376 e. The van der Waals surface area contributed by atoms with Gasteiger partial charge in [0.2, 0.25) is 0 Å². The molecule has 0 N–H and O–H groups in total. The van der Waals surface area contributed by atoms with Gasteiger partial charge >= 0.3 is 0 Å². The Kier molecular flexibility index (Phi) is 6.29. The van der Waals surface area contributed by atoms with Crippen LogP contribution in [-0.2, 0) is 11.3 Å². The van der Waals surface area contributed by atoms with Crippen molar-refractivity contribution in [3.05, 3.63) is 113 Å². The Bertz CT molecular complexity index is 790. The monoisotopic (exact) mass is 350 g/mol. The molecule has 3 aromatic rings. The van der Waals surface area contributed by atoms with E-state index >= 15 is 0 Å². The molecule has 0 aliphatic carbocycles. The SMILES string of the molecule is Fc1ccc(C(=CCCOCc2ccccc2)c2ccc(F)cc2)cc1. The van der Waals surface area contributed by atoms with Crippen LogP contribution in [0.25, 0.3) is 5.57 Å². The van der Waals surface area contributed by atoms with Gasteiger partial charge in [0.05, 0.1) is 13.2 Å². The minimum absolute atomic E-state index is 0.279. The molecule has 1 nitrogen and oxygen atoms in total. The summed E-state index contributed by atoms with van der Waals surface area (Å²) in [7, 11) is 0. The quantitative estimate of drug-likeness (QED) is 0.475. The Hall–Kier alpha value is -2.78. The number of benzene rings is 3. The van der Waals surface area contributed by atoms with Crippen LogP contribution in [0.4, 0.5) is 8.78 Å². The highest BCUT2D eigenvalue weighted by atomic mass is 19.1. The standard InChI is InChI=1S/C23H20F2O/c24-21-12-8-19(9-13-21)23(20-10-14-22(25)15-11-20)7-4-16-26-17-18-5-2-1-3-6-18/h1-3,5-15H,4,16-17H2. The molecule has 0 aliphatic rings. The second-order valence-electron chi connectivity index (χ2n) is 5.96. The van der Waals surface area contributed by atoms with Gasteiger partial charge in [-0.15, -0.1) is 0 Å². The minimum Gasteiger partial charge on any atom is -0.376 e. The second kappa shape index (κ2) is 9.07. The smallest absolute Gasteiger partial charge is 0.123 e. The number of hydrogen-bond acceptors (Lipinski definition) is 1. The van der Waals surface area contributed by atoms with E-state index in [0.717, 1.165) is 22.3 Å². The average molecular weight is 350 g/mol. The Morgan fingerprint density at radius 1 is 0.731 bits per heavy atom. The third kappa shape index (κ3) is 5.11. The first-order chi connectivity index (χ1) is 12.7. The van der Waals surface area contributed by atoms with Gasteiger partial charge in [-0.05, 0) is 52.9 Å². The molecule has 3 heteroatoms. The van der Waals surface area contributed by atoms with Gasteiger partial charge < -0.3 is 4.74 Å². The van der Waals surface area contributed by atoms with Gasteiger partial charge in [-0.1, -0.05) is 60.7 Å². The highest BCUT2D eigenvalue weighted by molar-refractivity contribution is 5.79. The van der Waals surface area contributed by atoms with Gasteiger partial charge in [-0.2, -0.15) is 0 Å². The summed E-state index contributed by atoms with van der Waals surface area (Å²) in [6, 6.07) is 22.6. The molecule has 3 rings (SSSR count). The average Bonchev–Trinajstić information content (AvgIpc) is 2.67. The van der Waals surface area contributed by atoms with E-state index in [0.29, 0.717) is 19.6 Å². The van der Waals surface area contributed by atoms with Gasteiger partial charge in [0.15, 0.2) is 0 Å². The Balaban J connectivity index is 1.69. The topological polar surface area (TPSA) is 9.23 Å².